The molecule has 0 aliphatic heterocycles. The van der Waals surface area contributed by atoms with E-state index in [1.807, 2.05) is 38.1 Å². The Kier molecular flexibility index (Phi) is 8.84. The van der Waals surface area contributed by atoms with Crippen molar-refractivity contribution in [3.05, 3.63) is 65.5 Å². The van der Waals surface area contributed by atoms with Crippen LogP contribution in [0.2, 0.25) is 0 Å². The van der Waals surface area contributed by atoms with E-state index in [4.69, 9.17) is 4.74 Å². The fourth-order valence-corrected chi connectivity index (χ4v) is 2.91. The molecule has 2 rings (SSSR count). The molecular weight excluding hydrogens is 383 g/mol. The van der Waals surface area contributed by atoms with Gasteiger partial charge in [-0.2, -0.15) is 0 Å². The second-order valence-electron chi connectivity index (χ2n) is 7.39. The third-order valence-electron chi connectivity index (χ3n) is 5.16. The van der Waals surface area contributed by atoms with Gasteiger partial charge in [0.25, 0.3) is 5.91 Å². The molecule has 0 bridgehead atoms. The Hall–Kier alpha value is -2.89. The Balaban J connectivity index is 2.14. The van der Waals surface area contributed by atoms with E-state index in [1.165, 1.54) is 16.5 Å². The highest BCUT2D eigenvalue weighted by atomic mass is 19.1. The molecule has 0 aliphatic rings. The first-order valence-corrected chi connectivity index (χ1v) is 10.4. The molecule has 0 heterocycles. The maximum atomic E-state index is 14.2. The minimum absolute atomic E-state index is 0.0151. The van der Waals surface area contributed by atoms with Crippen molar-refractivity contribution in [2.24, 2.45) is 0 Å². The Morgan fingerprint density at radius 3 is 2.33 bits per heavy atom. The molecule has 2 atom stereocenters. The number of hydrogen-bond donors (Lipinski definition) is 1. The average molecular weight is 415 g/mol. The number of amides is 2. The lowest BCUT2D eigenvalue weighted by Crippen LogP contribution is -2.50. The second-order valence-corrected chi connectivity index (χ2v) is 7.39. The summed E-state index contributed by atoms with van der Waals surface area (Å²) in [5.74, 6) is -0.505. The first kappa shape index (κ1) is 23.4. The van der Waals surface area contributed by atoms with Crippen LogP contribution in [0.25, 0.3) is 0 Å². The summed E-state index contributed by atoms with van der Waals surface area (Å²) >= 11 is 0. The van der Waals surface area contributed by atoms with Gasteiger partial charge in [-0.1, -0.05) is 44.2 Å². The third kappa shape index (κ3) is 6.58. The van der Waals surface area contributed by atoms with E-state index < -0.39 is 11.9 Å². The van der Waals surface area contributed by atoms with Crippen molar-refractivity contribution in [2.45, 2.75) is 59.2 Å². The highest BCUT2D eigenvalue weighted by Gasteiger charge is 2.27. The van der Waals surface area contributed by atoms with Gasteiger partial charge in [0.2, 0.25) is 5.91 Å². The summed E-state index contributed by atoms with van der Waals surface area (Å²) in [5, 5.41) is 2.88. The number of rotatable bonds is 10. The maximum absolute atomic E-state index is 14.2. The van der Waals surface area contributed by atoms with Crippen LogP contribution >= 0.6 is 0 Å². The van der Waals surface area contributed by atoms with Crippen molar-refractivity contribution in [3.63, 3.8) is 0 Å². The number of ether oxygens (including phenoxy) is 1. The highest BCUT2D eigenvalue weighted by molar-refractivity contribution is 5.88. The number of carbonyl (C=O) groups excluding carboxylic acids is 2. The quantitative estimate of drug-likeness (QED) is 0.637. The Morgan fingerprint density at radius 1 is 1.07 bits per heavy atom. The van der Waals surface area contributed by atoms with Crippen LogP contribution in [0.5, 0.6) is 5.75 Å². The molecule has 0 spiro atoms. The predicted molar refractivity (Wildman–Crippen MR) is 116 cm³/mol. The SMILES string of the molecule is CCc1ccc(OCC(=O)N(Cc2ccccc2F)[C@H](C)C(=O)N[C@H](C)CC)cc1. The lowest BCUT2D eigenvalue weighted by atomic mass is 10.1. The van der Waals surface area contributed by atoms with Crippen molar-refractivity contribution < 1.29 is 18.7 Å². The number of aryl methyl sites for hydroxylation is 1. The van der Waals surface area contributed by atoms with Crippen molar-refractivity contribution in [1.29, 1.82) is 0 Å². The Bertz CT molecular complexity index is 839. The fourth-order valence-electron chi connectivity index (χ4n) is 2.91. The first-order chi connectivity index (χ1) is 14.3. The molecule has 0 fully saturated rings. The highest BCUT2D eigenvalue weighted by Crippen LogP contribution is 2.16. The van der Waals surface area contributed by atoms with Crippen molar-refractivity contribution in [2.75, 3.05) is 6.61 Å². The summed E-state index contributed by atoms with van der Waals surface area (Å²) in [7, 11) is 0. The molecule has 2 amide bonds. The van der Waals surface area contributed by atoms with Crippen molar-refractivity contribution in [1.82, 2.24) is 10.2 Å². The van der Waals surface area contributed by atoms with Gasteiger partial charge in [-0.15, -0.1) is 0 Å². The van der Waals surface area contributed by atoms with Crippen molar-refractivity contribution >= 4 is 11.8 Å². The number of nitrogens with one attached hydrogen (secondary N) is 1. The molecule has 0 radical (unpaired) electrons. The number of benzene rings is 2. The summed E-state index contributed by atoms with van der Waals surface area (Å²) in [5.41, 5.74) is 1.52. The van der Waals surface area contributed by atoms with Gasteiger partial charge in [-0.3, -0.25) is 9.59 Å². The van der Waals surface area contributed by atoms with E-state index >= 15 is 0 Å². The zero-order valence-electron chi connectivity index (χ0n) is 18.2. The van der Waals surface area contributed by atoms with Crippen LogP contribution in [0.4, 0.5) is 4.39 Å². The standard InChI is InChI=1S/C24H31FN2O3/c1-5-17(3)26-24(29)18(4)27(15-20-9-7-8-10-22(20)25)23(28)16-30-21-13-11-19(6-2)12-14-21/h7-14,17-18H,5-6,15-16H2,1-4H3,(H,26,29)/t17-,18-/m1/s1. The van der Waals surface area contributed by atoms with E-state index in [0.717, 1.165) is 12.8 Å². The molecule has 0 aliphatic carbocycles. The number of nitrogens with zero attached hydrogens (tertiary/aromatic N) is 1. The molecule has 5 nitrogen and oxygen atoms in total. The molecular formula is C24H31FN2O3. The molecule has 0 saturated carbocycles. The molecule has 0 saturated heterocycles. The first-order valence-electron chi connectivity index (χ1n) is 10.4. The second kappa shape index (κ2) is 11.3. The normalized spacial score (nSPS) is 12.7. The molecule has 0 aromatic heterocycles. The molecule has 30 heavy (non-hydrogen) atoms. The van der Waals surface area contributed by atoms with E-state index in [2.05, 4.69) is 12.2 Å². The number of halogens is 1. The van der Waals surface area contributed by atoms with Gasteiger partial charge < -0.3 is 15.0 Å². The molecule has 1 N–H and O–H groups in total. The van der Waals surface area contributed by atoms with Gasteiger partial charge in [-0.25, -0.2) is 4.39 Å². The molecule has 0 unspecified atom stereocenters. The zero-order valence-corrected chi connectivity index (χ0v) is 18.2. The molecule has 6 heteroatoms. The minimum atomic E-state index is -0.767. The molecule has 2 aromatic carbocycles. The summed E-state index contributed by atoms with van der Waals surface area (Å²) in [6.07, 6.45) is 1.69. The van der Waals surface area contributed by atoms with Gasteiger partial charge in [0.05, 0.1) is 0 Å². The molecule has 2 aromatic rings. The van der Waals surface area contributed by atoms with Gasteiger partial charge in [0, 0.05) is 18.2 Å². The van der Waals surface area contributed by atoms with Crippen LogP contribution in [0, 0.1) is 5.82 Å². The average Bonchev–Trinajstić information content (AvgIpc) is 2.76. The van der Waals surface area contributed by atoms with Crippen LogP contribution < -0.4 is 10.1 Å². The Morgan fingerprint density at radius 2 is 1.73 bits per heavy atom. The number of hydrogen-bond acceptors (Lipinski definition) is 3. The maximum Gasteiger partial charge on any atom is 0.261 e. The topological polar surface area (TPSA) is 58.6 Å². The van der Waals surface area contributed by atoms with Crippen LogP contribution in [0.15, 0.2) is 48.5 Å². The molecule has 162 valence electrons. The van der Waals surface area contributed by atoms with Crippen LogP contribution in [0.3, 0.4) is 0 Å². The largest absolute Gasteiger partial charge is 0.484 e. The fraction of sp³-hybridized carbons (Fsp3) is 0.417. The Labute approximate surface area is 178 Å². The lowest BCUT2D eigenvalue weighted by Gasteiger charge is -2.29. The van der Waals surface area contributed by atoms with Gasteiger partial charge in [0.1, 0.15) is 17.6 Å². The van der Waals surface area contributed by atoms with E-state index in [-0.39, 0.29) is 31.0 Å². The van der Waals surface area contributed by atoms with E-state index in [1.54, 1.807) is 25.1 Å². The monoisotopic (exact) mass is 414 g/mol. The van der Waals surface area contributed by atoms with Gasteiger partial charge in [-0.05, 0) is 50.5 Å². The van der Waals surface area contributed by atoms with Gasteiger partial charge >= 0.3 is 0 Å². The predicted octanol–water partition coefficient (Wildman–Crippen LogP) is 4.10. The summed E-state index contributed by atoms with van der Waals surface area (Å²) < 4.78 is 19.8. The summed E-state index contributed by atoms with van der Waals surface area (Å²) in [6.45, 7) is 7.32. The van der Waals surface area contributed by atoms with Crippen LogP contribution in [0.1, 0.15) is 45.2 Å². The van der Waals surface area contributed by atoms with Crippen LogP contribution in [-0.4, -0.2) is 35.4 Å². The minimum Gasteiger partial charge on any atom is -0.484 e. The van der Waals surface area contributed by atoms with Crippen LogP contribution in [-0.2, 0) is 22.6 Å². The third-order valence-corrected chi connectivity index (χ3v) is 5.16. The van der Waals surface area contributed by atoms with E-state index in [9.17, 15) is 14.0 Å². The number of carbonyl (C=O) groups is 2. The van der Waals surface area contributed by atoms with Gasteiger partial charge in [0.15, 0.2) is 6.61 Å². The van der Waals surface area contributed by atoms with E-state index in [0.29, 0.717) is 11.3 Å². The lowest BCUT2D eigenvalue weighted by molar-refractivity contribution is -0.142. The zero-order chi connectivity index (χ0) is 22.1. The summed E-state index contributed by atoms with van der Waals surface area (Å²) in [4.78, 5) is 27.0. The summed E-state index contributed by atoms with van der Waals surface area (Å²) in [6, 6.07) is 13.0. The van der Waals surface area contributed by atoms with Crippen molar-refractivity contribution in [3.8, 4) is 5.75 Å². The smallest absolute Gasteiger partial charge is 0.261 e.